The number of carbonyl (C=O) groups is 1. The summed E-state index contributed by atoms with van der Waals surface area (Å²) in [6.45, 7) is 6.10. The lowest BCUT2D eigenvalue weighted by molar-refractivity contribution is -0.120. The molecule has 38 heavy (non-hydrogen) atoms. The second-order valence-corrected chi connectivity index (χ2v) is 13.1. The van der Waals surface area contributed by atoms with E-state index in [1.54, 1.807) is 12.1 Å². The third kappa shape index (κ3) is 5.30. The average Bonchev–Trinajstić information content (AvgIpc) is 2.85. The van der Waals surface area contributed by atoms with Crippen LogP contribution in [0.4, 0.5) is 11.4 Å². The smallest absolute Gasteiger partial charge is 0.299 e. The molecule has 1 aliphatic heterocycles. The van der Waals surface area contributed by atoms with Gasteiger partial charge in [-0.05, 0) is 49.4 Å². The molecule has 0 saturated carbocycles. The lowest BCUT2D eigenvalue weighted by atomic mass is 9.66. The van der Waals surface area contributed by atoms with Gasteiger partial charge < -0.3 is 16.2 Å². The van der Waals surface area contributed by atoms with Crippen molar-refractivity contribution in [2.24, 2.45) is 16.0 Å². The van der Waals surface area contributed by atoms with Crippen molar-refractivity contribution in [3.05, 3.63) is 59.2 Å². The van der Waals surface area contributed by atoms with E-state index in [2.05, 4.69) is 33.0 Å². The molecule has 13 heteroatoms. The van der Waals surface area contributed by atoms with E-state index in [-0.39, 0.29) is 52.3 Å². The summed E-state index contributed by atoms with van der Waals surface area (Å²) < 4.78 is 54.8. The molecule has 1 aliphatic carbocycles. The van der Waals surface area contributed by atoms with Crippen molar-refractivity contribution < 1.29 is 27.4 Å². The number of aliphatic hydroxyl groups is 1. The van der Waals surface area contributed by atoms with E-state index >= 15 is 0 Å². The van der Waals surface area contributed by atoms with E-state index in [1.165, 1.54) is 18.2 Å². The van der Waals surface area contributed by atoms with Crippen LogP contribution in [-0.2, 0) is 20.4 Å². The average molecular weight is 564 g/mol. The molecule has 2 aromatic carbocycles. The Hall–Kier alpha value is -2.94. The van der Waals surface area contributed by atoms with Crippen LogP contribution in [0, 0.1) is 5.92 Å². The van der Waals surface area contributed by atoms with Crippen LogP contribution >= 0.6 is 10.8 Å². The fourth-order valence-corrected chi connectivity index (χ4v) is 6.68. The molecule has 0 fully saturated rings. The summed E-state index contributed by atoms with van der Waals surface area (Å²) in [6.07, 6.45) is 1.29. The molecule has 1 atom stereocenters. The molecule has 206 valence electrons. The predicted octanol–water partition coefficient (Wildman–Crippen LogP) is 3.99. The van der Waals surface area contributed by atoms with Gasteiger partial charge in [0.2, 0.25) is 0 Å². The number of amidine groups is 1. The normalized spacial score (nSPS) is 21.3. The van der Waals surface area contributed by atoms with Gasteiger partial charge >= 0.3 is 0 Å². The van der Waals surface area contributed by atoms with Crippen LogP contribution in [-0.4, -0.2) is 47.3 Å². The van der Waals surface area contributed by atoms with Gasteiger partial charge in [0.1, 0.15) is 16.2 Å². The molecular weight excluding hydrogens is 530 g/mol. The number of anilines is 2. The topological polar surface area (TPSA) is 186 Å². The molecule has 11 nitrogen and oxygen atoms in total. The number of nitrogens with one attached hydrogen (secondary N) is 3. The summed E-state index contributed by atoms with van der Waals surface area (Å²) in [5, 5.41) is 14.1. The van der Waals surface area contributed by atoms with Gasteiger partial charge in [-0.15, -0.1) is 4.40 Å². The van der Waals surface area contributed by atoms with Crippen molar-refractivity contribution in [3.8, 4) is 0 Å². The molecule has 2 aromatic rings. The molecule has 2 aliphatic rings. The molecule has 8 N–H and O–H groups in total. The number of ketones is 1. The first-order chi connectivity index (χ1) is 17.8. The van der Waals surface area contributed by atoms with Crippen molar-refractivity contribution in [2.45, 2.75) is 43.9 Å². The van der Waals surface area contributed by atoms with E-state index in [4.69, 9.17) is 5.73 Å². The minimum atomic E-state index is -3.93. The van der Waals surface area contributed by atoms with Crippen molar-refractivity contribution in [3.63, 3.8) is 0 Å². The maximum absolute atomic E-state index is 14.0. The van der Waals surface area contributed by atoms with Gasteiger partial charge in [-0.25, -0.2) is 0 Å². The highest BCUT2D eigenvalue weighted by molar-refractivity contribution is 8.23. The SMILES string of the molecule is CC(C)CCC1(C)C(=O)C(C2=NS(O)(O)c3cc(NS(=O)(=O)NCCN)ccc3N2)=C(O)c2ccccc21. The third-order valence-corrected chi connectivity index (χ3v) is 9.09. The van der Waals surface area contributed by atoms with Crippen LogP contribution in [0.1, 0.15) is 44.7 Å². The number of aliphatic hydroxyl groups excluding tert-OH is 1. The van der Waals surface area contributed by atoms with Crippen molar-refractivity contribution in [1.82, 2.24) is 4.72 Å². The van der Waals surface area contributed by atoms with Crippen LogP contribution in [0.25, 0.3) is 5.76 Å². The van der Waals surface area contributed by atoms with Gasteiger partial charge in [-0.3, -0.25) is 18.6 Å². The zero-order chi connectivity index (χ0) is 27.9. The Balaban J connectivity index is 1.75. The molecule has 0 saturated heterocycles. The van der Waals surface area contributed by atoms with Crippen molar-refractivity contribution in [1.29, 1.82) is 0 Å². The van der Waals surface area contributed by atoms with Gasteiger partial charge in [0, 0.05) is 18.7 Å². The molecular formula is C25H33N5O6S2. The quantitative estimate of drug-likeness (QED) is 0.239. The van der Waals surface area contributed by atoms with Crippen LogP contribution in [0.15, 0.2) is 57.3 Å². The van der Waals surface area contributed by atoms with E-state index in [1.807, 2.05) is 19.1 Å². The minimum absolute atomic E-state index is 0.0243. The zero-order valence-electron chi connectivity index (χ0n) is 21.4. The number of Topliss-reactive ketones (excluding diaryl/α,β-unsaturated/α-hetero) is 1. The summed E-state index contributed by atoms with van der Waals surface area (Å²) in [4.78, 5) is 13.9. The van der Waals surface area contributed by atoms with Crippen LogP contribution in [0.2, 0.25) is 0 Å². The third-order valence-electron chi connectivity index (χ3n) is 6.64. The molecule has 0 aromatic heterocycles. The largest absolute Gasteiger partial charge is 0.506 e. The molecule has 1 unspecified atom stereocenters. The zero-order valence-corrected chi connectivity index (χ0v) is 23.0. The Morgan fingerprint density at radius 3 is 2.58 bits per heavy atom. The summed E-state index contributed by atoms with van der Waals surface area (Å²) in [6, 6.07) is 11.2. The highest BCUT2D eigenvalue weighted by Crippen LogP contribution is 2.57. The maximum Gasteiger partial charge on any atom is 0.299 e. The number of hydrogen-bond donors (Lipinski definition) is 7. The fraction of sp³-hybridized carbons (Fsp3) is 0.360. The molecule has 0 amide bonds. The lowest BCUT2D eigenvalue weighted by Gasteiger charge is -2.39. The highest BCUT2D eigenvalue weighted by atomic mass is 32.3. The Morgan fingerprint density at radius 1 is 1.18 bits per heavy atom. The Kier molecular flexibility index (Phi) is 7.63. The standard InChI is InChI=1S/C25H33N5O6S2/c1-15(2)10-11-25(3)18-7-5-4-6-17(18)22(31)21(23(25)32)24-28-19-9-8-16(14-20(19)37(33,34)30-24)29-38(35,36)27-13-12-26/h4-9,14-15,27,29,31,33-34H,10-13,26H2,1-3H3,(H,28,30). The first-order valence-corrected chi connectivity index (χ1v) is 15.1. The van der Waals surface area contributed by atoms with Crippen molar-refractivity contribution >= 4 is 49.7 Å². The van der Waals surface area contributed by atoms with Crippen LogP contribution in [0.5, 0.6) is 0 Å². The Morgan fingerprint density at radius 2 is 1.89 bits per heavy atom. The van der Waals surface area contributed by atoms with Crippen LogP contribution in [0.3, 0.4) is 0 Å². The van der Waals surface area contributed by atoms with Gasteiger partial charge in [0.15, 0.2) is 11.6 Å². The van der Waals surface area contributed by atoms with Crippen LogP contribution < -0.4 is 20.5 Å². The lowest BCUT2D eigenvalue weighted by Crippen LogP contribution is -2.42. The second kappa shape index (κ2) is 10.3. The van der Waals surface area contributed by atoms with Gasteiger partial charge in [-0.1, -0.05) is 48.9 Å². The van der Waals surface area contributed by atoms with E-state index < -0.39 is 26.4 Å². The van der Waals surface area contributed by atoms with E-state index in [0.717, 1.165) is 6.42 Å². The van der Waals surface area contributed by atoms with E-state index in [9.17, 15) is 27.4 Å². The first kappa shape index (κ1) is 28.1. The molecule has 4 rings (SSSR count). The summed E-state index contributed by atoms with van der Waals surface area (Å²) in [5.74, 6) is -0.499. The number of benzene rings is 2. The highest BCUT2D eigenvalue weighted by Gasteiger charge is 2.46. The van der Waals surface area contributed by atoms with E-state index in [0.29, 0.717) is 23.5 Å². The second-order valence-electron chi connectivity index (χ2n) is 9.95. The molecule has 1 heterocycles. The molecule has 0 radical (unpaired) electrons. The monoisotopic (exact) mass is 563 g/mol. The summed E-state index contributed by atoms with van der Waals surface area (Å²) in [5.41, 5.74) is 5.71. The van der Waals surface area contributed by atoms with Crippen molar-refractivity contribution in [2.75, 3.05) is 23.1 Å². The predicted molar refractivity (Wildman–Crippen MR) is 151 cm³/mol. The van der Waals surface area contributed by atoms with Gasteiger partial charge in [-0.2, -0.15) is 13.1 Å². The fourth-order valence-electron chi connectivity index (χ4n) is 4.59. The number of nitrogens with two attached hydrogens (primary N) is 1. The first-order valence-electron chi connectivity index (χ1n) is 12.1. The number of carbonyl (C=O) groups excluding carboxylic acids is 1. The summed E-state index contributed by atoms with van der Waals surface area (Å²) in [7, 11) is -7.80. The maximum atomic E-state index is 14.0. The number of nitrogens with zero attached hydrogens (tertiary/aromatic N) is 1. The number of rotatable bonds is 9. The molecule has 0 bridgehead atoms. The molecule has 0 spiro atoms. The Labute approximate surface area is 223 Å². The number of hydrogen-bond acceptors (Lipinski definition) is 9. The van der Waals surface area contributed by atoms with Gasteiger partial charge in [0.05, 0.1) is 16.8 Å². The Bertz CT molecular complexity index is 1440. The summed E-state index contributed by atoms with van der Waals surface area (Å²) >= 11 is 0. The minimum Gasteiger partial charge on any atom is -0.506 e. The van der Waals surface area contributed by atoms with Gasteiger partial charge in [0.25, 0.3) is 10.2 Å². The number of fused-ring (bicyclic) bond motifs is 2.